The Morgan fingerprint density at radius 2 is 1.36 bits per heavy atom. The van der Waals surface area contributed by atoms with E-state index in [1.807, 2.05) is 0 Å². The van der Waals surface area contributed by atoms with Gasteiger partial charge >= 0.3 is 10.4 Å². The maximum absolute atomic E-state index is 10.8. The molecular weight excluding hydrogens is 336 g/mol. The molecule has 25 heavy (non-hydrogen) atoms. The van der Waals surface area contributed by atoms with Crippen LogP contribution >= 0.6 is 0 Å². The van der Waals surface area contributed by atoms with E-state index >= 15 is 0 Å². The first kappa shape index (κ1) is 24.6. The summed E-state index contributed by atoms with van der Waals surface area (Å²) in [5, 5.41) is 0. The van der Waals surface area contributed by atoms with Crippen LogP contribution in [0.3, 0.4) is 0 Å². The molecule has 150 valence electrons. The van der Waals surface area contributed by atoms with Crippen LogP contribution in [0.2, 0.25) is 0 Å². The van der Waals surface area contributed by atoms with Crippen LogP contribution in [0.5, 0.6) is 0 Å². The van der Waals surface area contributed by atoms with Gasteiger partial charge in [0.2, 0.25) is 0 Å². The van der Waals surface area contributed by atoms with Crippen molar-refractivity contribution >= 4 is 10.4 Å². The van der Waals surface area contributed by atoms with E-state index in [1.54, 1.807) is 0 Å². The summed E-state index contributed by atoms with van der Waals surface area (Å²) in [6.07, 6.45) is 21.2. The highest BCUT2D eigenvalue weighted by molar-refractivity contribution is 7.80. The van der Waals surface area contributed by atoms with Crippen molar-refractivity contribution in [1.82, 2.24) is 0 Å². The van der Waals surface area contributed by atoms with Crippen molar-refractivity contribution in [2.75, 3.05) is 6.61 Å². The topological polar surface area (TPSA) is 63.6 Å². The molecule has 5 heteroatoms. The highest BCUT2D eigenvalue weighted by atomic mass is 32.3. The van der Waals surface area contributed by atoms with Gasteiger partial charge in [-0.25, -0.2) is 4.18 Å². The molecule has 0 aromatic heterocycles. The van der Waals surface area contributed by atoms with E-state index in [1.165, 1.54) is 64.2 Å². The van der Waals surface area contributed by atoms with Gasteiger partial charge in [0, 0.05) is 5.92 Å². The fourth-order valence-electron chi connectivity index (χ4n) is 2.93. The van der Waals surface area contributed by atoms with Crippen LogP contribution < -0.4 is 0 Å². The molecule has 1 atom stereocenters. The van der Waals surface area contributed by atoms with E-state index in [4.69, 9.17) is 4.55 Å². The Balaban J connectivity index is 3.92. The minimum Gasteiger partial charge on any atom is -0.264 e. The SMILES string of the molecule is CCCCC/C=C/C(CCCCCCCCCCC)COS(=O)(=O)O. The predicted molar refractivity (Wildman–Crippen MR) is 106 cm³/mol. The summed E-state index contributed by atoms with van der Waals surface area (Å²) >= 11 is 0. The second-order valence-electron chi connectivity index (χ2n) is 7.01. The van der Waals surface area contributed by atoms with E-state index in [2.05, 4.69) is 30.2 Å². The molecule has 0 aliphatic rings. The summed E-state index contributed by atoms with van der Waals surface area (Å²) in [6.45, 7) is 4.46. The number of rotatable bonds is 18. The lowest BCUT2D eigenvalue weighted by atomic mass is 9.99. The molecule has 0 aromatic carbocycles. The highest BCUT2D eigenvalue weighted by Crippen LogP contribution is 2.16. The molecule has 0 saturated carbocycles. The minimum absolute atomic E-state index is 0.0418. The Morgan fingerprint density at radius 3 is 1.92 bits per heavy atom. The van der Waals surface area contributed by atoms with E-state index in [-0.39, 0.29) is 12.5 Å². The molecule has 4 nitrogen and oxygen atoms in total. The average Bonchev–Trinajstić information content (AvgIpc) is 2.56. The molecular formula is C20H40O4S. The van der Waals surface area contributed by atoms with Crippen molar-refractivity contribution in [2.45, 2.75) is 104 Å². The molecule has 1 unspecified atom stereocenters. The summed E-state index contributed by atoms with van der Waals surface area (Å²) in [5.74, 6) is 0.0631. The molecule has 0 saturated heterocycles. The van der Waals surface area contributed by atoms with Crippen LogP contribution in [0.1, 0.15) is 104 Å². The first-order chi connectivity index (χ1) is 12.0. The molecule has 0 fully saturated rings. The van der Waals surface area contributed by atoms with Crippen LogP contribution in [0.4, 0.5) is 0 Å². The normalized spacial score (nSPS) is 13.6. The summed E-state index contributed by atoms with van der Waals surface area (Å²) in [5.41, 5.74) is 0. The van der Waals surface area contributed by atoms with Gasteiger partial charge in [0.1, 0.15) is 0 Å². The molecule has 0 amide bonds. The maximum atomic E-state index is 10.8. The lowest BCUT2D eigenvalue weighted by Gasteiger charge is -2.12. The Hall–Kier alpha value is -0.390. The van der Waals surface area contributed by atoms with Gasteiger partial charge in [0.15, 0.2) is 0 Å². The molecule has 0 bridgehead atoms. The summed E-state index contributed by atoms with van der Waals surface area (Å²) in [4.78, 5) is 0. The second-order valence-corrected chi connectivity index (χ2v) is 8.10. The lowest BCUT2D eigenvalue weighted by Crippen LogP contribution is -2.12. The van der Waals surface area contributed by atoms with Crippen molar-refractivity contribution in [3.8, 4) is 0 Å². The second kappa shape index (κ2) is 17.0. The number of allylic oxidation sites excluding steroid dienone is 1. The molecule has 0 aliphatic carbocycles. The summed E-state index contributed by atoms with van der Waals surface area (Å²) in [6, 6.07) is 0. The average molecular weight is 377 g/mol. The van der Waals surface area contributed by atoms with Crippen molar-refractivity contribution < 1.29 is 17.2 Å². The lowest BCUT2D eigenvalue weighted by molar-refractivity contribution is 0.234. The third-order valence-electron chi connectivity index (χ3n) is 4.49. The summed E-state index contributed by atoms with van der Waals surface area (Å²) in [7, 11) is -4.34. The molecule has 0 aromatic rings. The fourth-order valence-corrected chi connectivity index (χ4v) is 3.27. The van der Waals surface area contributed by atoms with Gasteiger partial charge in [-0.15, -0.1) is 0 Å². The summed E-state index contributed by atoms with van der Waals surface area (Å²) < 4.78 is 34.9. The maximum Gasteiger partial charge on any atom is 0.397 e. The van der Waals surface area contributed by atoms with Gasteiger partial charge in [-0.1, -0.05) is 96.6 Å². The van der Waals surface area contributed by atoms with Crippen LogP contribution in [0.15, 0.2) is 12.2 Å². The van der Waals surface area contributed by atoms with Crippen LogP contribution in [-0.4, -0.2) is 19.6 Å². The molecule has 0 aliphatic heterocycles. The number of hydrogen-bond donors (Lipinski definition) is 1. The third kappa shape index (κ3) is 19.8. The Labute approximate surface area is 156 Å². The standard InChI is InChI=1S/C20H40O4S/c1-3-5-7-9-10-11-12-14-16-18-20(19-24-25(21,22)23)17-15-13-8-6-4-2/h15,17,20H,3-14,16,18-19H2,1-2H3,(H,21,22,23)/b17-15+. The largest absolute Gasteiger partial charge is 0.397 e. The van der Waals surface area contributed by atoms with Crippen LogP contribution in [0, 0.1) is 5.92 Å². The fraction of sp³-hybridized carbons (Fsp3) is 0.900. The van der Waals surface area contributed by atoms with Crippen molar-refractivity contribution in [3.05, 3.63) is 12.2 Å². The Morgan fingerprint density at radius 1 is 0.840 bits per heavy atom. The predicted octanol–water partition coefficient (Wildman–Crippen LogP) is 6.48. The third-order valence-corrected chi connectivity index (χ3v) is 4.93. The van der Waals surface area contributed by atoms with Crippen LogP contribution in [-0.2, 0) is 14.6 Å². The van der Waals surface area contributed by atoms with Gasteiger partial charge in [-0.2, -0.15) is 8.42 Å². The first-order valence-corrected chi connectivity index (χ1v) is 11.6. The van der Waals surface area contributed by atoms with E-state index < -0.39 is 10.4 Å². The number of hydrogen-bond acceptors (Lipinski definition) is 3. The molecule has 0 radical (unpaired) electrons. The van der Waals surface area contributed by atoms with Crippen LogP contribution in [0.25, 0.3) is 0 Å². The van der Waals surface area contributed by atoms with E-state index in [0.29, 0.717) is 0 Å². The van der Waals surface area contributed by atoms with Gasteiger partial charge in [-0.05, 0) is 19.3 Å². The van der Waals surface area contributed by atoms with E-state index in [9.17, 15) is 8.42 Å². The zero-order valence-corrected chi connectivity index (χ0v) is 17.2. The zero-order valence-electron chi connectivity index (χ0n) is 16.4. The van der Waals surface area contributed by atoms with Crippen molar-refractivity contribution in [3.63, 3.8) is 0 Å². The smallest absolute Gasteiger partial charge is 0.264 e. The quantitative estimate of drug-likeness (QED) is 0.169. The highest BCUT2D eigenvalue weighted by Gasteiger charge is 2.11. The monoisotopic (exact) mass is 376 g/mol. The van der Waals surface area contributed by atoms with Gasteiger partial charge in [-0.3, -0.25) is 4.55 Å². The Kier molecular flexibility index (Phi) is 16.8. The van der Waals surface area contributed by atoms with Gasteiger partial charge < -0.3 is 0 Å². The van der Waals surface area contributed by atoms with E-state index in [0.717, 1.165) is 25.7 Å². The first-order valence-electron chi connectivity index (χ1n) is 10.3. The van der Waals surface area contributed by atoms with Crippen molar-refractivity contribution in [1.29, 1.82) is 0 Å². The number of unbranched alkanes of at least 4 members (excludes halogenated alkanes) is 11. The zero-order chi connectivity index (χ0) is 18.8. The van der Waals surface area contributed by atoms with Crippen molar-refractivity contribution in [2.24, 2.45) is 5.92 Å². The minimum atomic E-state index is -4.34. The molecule has 0 heterocycles. The Bertz CT molecular complexity index is 404. The van der Waals surface area contributed by atoms with Gasteiger partial charge in [0.05, 0.1) is 6.61 Å². The molecule has 0 rings (SSSR count). The molecule has 1 N–H and O–H groups in total. The molecule has 0 spiro atoms. The van der Waals surface area contributed by atoms with Gasteiger partial charge in [0.25, 0.3) is 0 Å².